The van der Waals surface area contributed by atoms with Crippen LogP contribution in [-0.2, 0) is 16.1 Å². The highest BCUT2D eigenvalue weighted by molar-refractivity contribution is 7.10. The first-order valence-corrected chi connectivity index (χ1v) is 11.2. The van der Waals surface area contributed by atoms with Gasteiger partial charge in [-0.1, -0.05) is 48.5 Å². The first-order valence-electron chi connectivity index (χ1n) is 10.4. The van der Waals surface area contributed by atoms with Crippen molar-refractivity contribution in [2.45, 2.75) is 32.0 Å². The Morgan fingerprint density at radius 3 is 2.55 bits per heavy atom. The molecule has 0 bridgehead atoms. The van der Waals surface area contributed by atoms with Crippen molar-refractivity contribution in [3.05, 3.63) is 82.0 Å². The number of likely N-dealkylation sites (tertiary alicyclic amines) is 1. The molecule has 1 aliphatic rings. The fraction of sp³-hybridized carbons (Fsp3) is 0.280. The van der Waals surface area contributed by atoms with Crippen LogP contribution in [0.5, 0.6) is 0 Å². The number of hydrogen-bond donors (Lipinski definition) is 1. The zero-order valence-corrected chi connectivity index (χ0v) is 18.5. The van der Waals surface area contributed by atoms with E-state index in [4.69, 9.17) is 4.74 Å². The molecule has 0 aliphatic carbocycles. The molecular formula is C25H26N2O3S. The van der Waals surface area contributed by atoms with E-state index in [1.165, 1.54) is 17.6 Å². The van der Waals surface area contributed by atoms with E-state index in [0.717, 1.165) is 11.1 Å². The van der Waals surface area contributed by atoms with E-state index in [1.54, 1.807) is 11.3 Å². The van der Waals surface area contributed by atoms with Gasteiger partial charge >= 0.3 is 5.97 Å². The number of hydrogen-bond acceptors (Lipinski definition) is 5. The summed E-state index contributed by atoms with van der Waals surface area (Å²) in [6.07, 6.45) is 0.538. The molecule has 2 aromatic carbocycles. The van der Waals surface area contributed by atoms with Gasteiger partial charge in [-0.3, -0.25) is 14.5 Å². The van der Waals surface area contributed by atoms with Crippen LogP contribution in [0.4, 0.5) is 0 Å². The molecule has 160 valence electrons. The average molecular weight is 435 g/mol. The average Bonchev–Trinajstić information content (AvgIpc) is 3.39. The fourth-order valence-corrected chi connectivity index (χ4v) is 5.06. The maximum atomic E-state index is 13.2. The summed E-state index contributed by atoms with van der Waals surface area (Å²) in [6, 6.07) is 19.1. The van der Waals surface area contributed by atoms with Crippen molar-refractivity contribution in [1.29, 1.82) is 0 Å². The zero-order chi connectivity index (χ0) is 21.8. The molecule has 2 heterocycles. The highest BCUT2D eigenvalue weighted by atomic mass is 32.1. The number of nitrogens with one attached hydrogen (secondary N) is 1. The highest BCUT2D eigenvalue weighted by Gasteiger charge is 2.38. The normalized spacial score (nSPS) is 18.6. The van der Waals surface area contributed by atoms with Crippen LogP contribution in [0, 0.1) is 6.92 Å². The molecule has 5 nitrogen and oxygen atoms in total. The number of ether oxygens (including phenoxy) is 1. The van der Waals surface area contributed by atoms with Gasteiger partial charge < -0.3 is 10.1 Å². The lowest BCUT2D eigenvalue weighted by Crippen LogP contribution is -2.37. The molecule has 3 aromatic rings. The van der Waals surface area contributed by atoms with Gasteiger partial charge in [-0.15, -0.1) is 11.3 Å². The number of aryl methyl sites for hydroxylation is 1. The Morgan fingerprint density at radius 2 is 1.84 bits per heavy atom. The Morgan fingerprint density at radius 1 is 1.10 bits per heavy atom. The Kier molecular flexibility index (Phi) is 6.49. The van der Waals surface area contributed by atoms with Crippen molar-refractivity contribution in [2.24, 2.45) is 0 Å². The van der Waals surface area contributed by atoms with Crippen molar-refractivity contribution in [3.63, 3.8) is 0 Å². The van der Waals surface area contributed by atoms with E-state index in [9.17, 15) is 9.59 Å². The number of methoxy groups -OCH3 is 1. The van der Waals surface area contributed by atoms with E-state index in [1.807, 2.05) is 54.6 Å². The van der Waals surface area contributed by atoms with Crippen LogP contribution in [0.15, 0.2) is 66.0 Å². The van der Waals surface area contributed by atoms with Crippen LogP contribution in [0.2, 0.25) is 0 Å². The smallest absolute Gasteiger partial charge is 0.323 e. The summed E-state index contributed by atoms with van der Waals surface area (Å²) in [7, 11) is 1.42. The number of rotatable bonds is 6. The number of nitrogens with zero attached hydrogens (tertiary/aromatic N) is 1. The van der Waals surface area contributed by atoms with Crippen LogP contribution in [0.1, 0.15) is 27.2 Å². The van der Waals surface area contributed by atoms with Gasteiger partial charge in [-0.25, -0.2) is 0 Å². The third kappa shape index (κ3) is 4.70. The summed E-state index contributed by atoms with van der Waals surface area (Å²) in [5.41, 5.74) is 3.75. The lowest BCUT2D eigenvalue weighted by molar-refractivity contribution is -0.146. The molecule has 0 unspecified atom stereocenters. The minimum atomic E-state index is -0.360. The second-order valence-corrected chi connectivity index (χ2v) is 8.81. The lowest BCUT2D eigenvalue weighted by Gasteiger charge is -2.21. The highest BCUT2D eigenvalue weighted by Crippen LogP contribution is 2.27. The summed E-state index contributed by atoms with van der Waals surface area (Å²) in [5, 5.41) is 5.22. The predicted octanol–water partition coefficient (Wildman–Crippen LogP) is 4.27. The monoisotopic (exact) mass is 434 g/mol. The topological polar surface area (TPSA) is 58.6 Å². The Bertz CT molecular complexity index is 1060. The van der Waals surface area contributed by atoms with E-state index in [2.05, 4.69) is 28.6 Å². The summed E-state index contributed by atoms with van der Waals surface area (Å²) in [4.78, 5) is 28.9. The van der Waals surface area contributed by atoms with Gasteiger partial charge in [0.1, 0.15) is 6.04 Å². The molecule has 4 rings (SSSR count). The second kappa shape index (κ2) is 9.45. The van der Waals surface area contributed by atoms with Crippen molar-refractivity contribution < 1.29 is 14.3 Å². The Labute approximate surface area is 186 Å². The van der Waals surface area contributed by atoms with Crippen LogP contribution in [-0.4, -0.2) is 42.5 Å². The Hall–Kier alpha value is -2.96. The molecule has 0 saturated carbocycles. The predicted molar refractivity (Wildman–Crippen MR) is 123 cm³/mol. The van der Waals surface area contributed by atoms with Crippen LogP contribution >= 0.6 is 11.3 Å². The number of amides is 1. The summed E-state index contributed by atoms with van der Waals surface area (Å²) >= 11 is 1.69. The molecule has 6 heteroatoms. The largest absolute Gasteiger partial charge is 0.468 e. The van der Waals surface area contributed by atoms with Gasteiger partial charge in [-0.2, -0.15) is 0 Å². The van der Waals surface area contributed by atoms with E-state index < -0.39 is 0 Å². The number of esters is 1. The van der Waals surface area contributed by atoms with E-state index in [-0.39, 0.29) is 24.0 Å². The molecular weight excluding hydrogens is 408 g/mol. The number of benzene rings is 2. The van der Waals surface area contributed by atoms with Crippen molar-refractivity contribution in [2.75, 3.05) is 13.7 Å². The molecule has 2 atom stereocenters. The fourth-order valence-electron chi connectivity index (χ4n) is 4.13. The summed E-state index contributed by atoms with van der Waals surface area (Å²) < 4.78 is 5.04. The van der Waals surface area contributed by atoms with E-state index in [0.29, 0.717) is 25.1 Å². The second-order valence-electron chi connectivity index (χ2n) is 7.81. The molecule has 0 spiro atoms. The minimum Gasteiger partial charge on any atom is -0.468 e. The van der Waals surface area contributed by atoms with Crippen LogP contribution in [0.25, 0.3) is 11.1 Å². The zero-order valence-electron chi connectivity index (χ0n) is 17.7. The van der Waals surface area contributed by atoms with Crippen molar-refractivity contribution in [3.8, 4) is 11.1 Å². The maximum absolute atomic E-state index is 13.2. The summed E-state index contributed by atoms with van der Waals surface area (Å²) in [5.74, 6) is -0.377. The number of carbonyl (C=O) groups excluding carboxylic acids is 2. The van der Waals surface area contributed by atoms with Crippen LogP contribution in [0.3, 0.4) is 0 Å². The quantitative estimate of drug-likeness (QED) is 0.589. The molecule has 1 amide bonds. The first-order chi connectivity index (χ1) is 15.1. The molecule has 1 saturated heterocycles. The van der Waals surface area contributed by atoms with Crippen LogP contribution < -0.4 is 5.32 Å². The Balaban J connectivity index is 1.51. The lowest BCUT2D eigenvalue weighted by atomic mass is 9.99. The molecule has 1 N–H and O–H groups in total. The van der Waals surface area contributed by atoms with Gasteiger partial charge in [0, 0.05) is 29.6 Å². The third-order valence-electron chi connectivity index (χ3n) is 5.78. The SMILES string of the molecule is COC(=O)[C@@H]1C[C@@H](NC(=O)c2ccccc2-c2ccccc2)CN1Cc1sccc1C. The minimum absolute atomic E-state index is 0.123. The maximum Gasteiger partial charge on any atom is 0.323 e. The van der Waals surface area contributed by atoms with Crippen molar-refractivity contribution in [1.82, 2.24) is 10.2 Å². The molecule has 1 aliphatic heterocycles. The molecule has 31 heavy (non-hydrogen) atoms. The number of thiophene rings is 1. The molecule has 1 fully saturated rings. The molecule has 0 radical (unpaired) electrons. The summed E-state index contributed by atoms with van der Waals surface area (Å²) in [6.45, 7) is 3.36. The third-order valence-corrected chi connectivity index (χ3v) is 6.79. The van der Waals surface area contributed by atoms with E-state index >= 15 is 0 Å². The molecule has 1 aromatic heterocycles. The van der Waals surface area contributed by atoms with Gasteiger partial charge in [0.2, 0.25) is 0 Å². The van der Waals surface area contributed by atoms with Gasteiger partial charge in [0.25, 0.3) is 5.91 Å². The standard InChI is InChI=1S/C25H26N2O3S/c1-17-12-13-31-23(17)16-27-15-19(14-22(27)25(29)30-2)26-24(28)21-11-7-6-10-20(21)18-8-4-3-5-9-18/h3-13,19,22H,14-16H2,1-2H3,(H,26,28)/t19-,22+/m1/s1. The van der Waals surface area contributed by atoms with Gasteiger partial charge in [0.05, 0.1) is 7.11 Å². The van der Waals surface area contributed by atoms with Gasteiger partial charge in [0.15, 0.2) is 0 Å². The first kappa shape index (κ1) is 21.3. The van der Waals surface area contributed by atoms with Gasteiger partial charge in [-0.05, 0) is 47.5 Å². The number of carbonyl (C=O) groups is 2. The van der Waals surface area contributed by atoms with Crippen molar-refractivity contribution >= 4 is 23.2 Å².